The van der Waals surface area contributed by atoms with Crippen LogP contribution in [0.15, 0.2) is 36.4 Å². The number of nitrogens with zero attached hydrogens (tertiary/aromatic N) is 2. The molecule has 1 saturated heterocycles. The maximum Gasteiger partial charge on any atom is 0.457 e. The Morgan fingerprint density at radius 3 is 2.44 bits per heavy atom. The third-order valence-corrected chi connectivity index (χ3v) is 14.8. The van der Waals surface area contributed by atoms with Gasteiger partial charge in [-0.1, -0.05) is 43.2 Å². The zero-order valence-corrected chi connectivity index (χ0v) is 34.0. The van der Waals surface area contributed by atoms with Gasteiger partial charge in [0, 0.05) is 23.3 Å². The molecule has 2 aromatic rings. The van der Waals surface area contributed by atoms with Crippen LogP contribution < -0.4 is 20.1 Å². The highest BCUT2D eigenvalue weighted by atomic mass is 32.2. The van der Waals surface area contributed by atoms with Crippen LogP contribution in [-0.4, -0.2) is 94.3 Å². The van der Waals surface area contributed by atoms with Crippen molar-refractivity contribution in [2.45, 2.75) is 144 Å². The number of alkyl carbamates (subject to hydrolysis) is 1. The molecule has 59 heavy (non-hydrogen) atoms. The van der Waals surface area contributed by atoms with E-state index in [0.717, 1.165) is 16.5 Å². The van der Waals surface area contributed by atoms with Crippen LogP contribution in [0.4, 0.5) is 26.7 Å². The van der Waals surface area contributed by atoms with Gasteiger partial charge < -0.3 is 25.0 Å². The SMILES string of the molecule is Cc1nc2ccccc2c2c1O[C@]1(CC2)C[C@H]2C(=O)NC3(C(=O)NS(=O)(=O)C4(C)CC4)C[C@H]3/C=C\CCCCC[C@H](NC(=O)OC(C)(C)C(F)(F)C(F)(F)F)C(=O)N2C1. The summed E-state index contributed by atoms with van der Waals surface area (Å²) in [6.45, 7) is 3.89. The Labute approximate surface area is 338 Å². The number of pyridine rings is 1. The fourth-order valence-corrected chi connectivity index (χ4v) is 9.76. The molecular weight excluding hydrogens is 806 g/mol. The molecular formula is C40H48F5N5O8S. The van der Waals surface area contributed by atoms with Crippen molar-refractivity contribution in [2.75, 3.05) is 6.54 Å². The molecule has 13 nitrogen and oxygen atoms in total. The Bertz CT molecular complexity index is 2210. The first-order chi connectivity index (χ1) is 27.4. The molecule has 5 aliphatic rings. The summed E-state index contributed by atoms with van der Waals surface area (Å²) in [5, 5.41) is 5.86. The summed E-state index contributed by atoms with van der Waals surface area (Å²) >= 11 is 0. The van der Waals surface area contributed by atoms with Gasteiger partial charge in [0.1, 0.15) is 29.0 Å². The number of halogens is 5. The molecule has 1 aromatic heterocycles. The largest absolute Gasteiger partial charge is 0.483 e. The predicted octanol–water partition coefficient (Wildman–Crippen LogP) is 5.67. The van der Waals surface area contributed by atoms with E-state index < -0.39 is 85.4 Å². The number of alkyl halides is 5. The summed E-state index contributed by atoms with van der Waals surface area (Å²) in [6.07, 6.45) is -0.926. The van der Waals surface area contributed by atoms with Gasteiger partial charge in [-0.2, -0.15) is 22.0 Å². The van der Waals surface area contributed by atoms with Crippen LogP contribution in [0.2, 0.25) is 0 Å². The number of fused-ring (bicyclic) bond motifs is 5. The van der Waals surface area contributed by atoms with Crippen LogP contribution >= 0.6 is 0 Å². The number of hydrogen-bond acceptors (Lipinski definition) is 9. The van der Waals surface area contributed by atoms with E-state index in [-0.39, 0.29) is 25.8 Å². The Hall–Kier alpha value is -4.55. The quantitative estimate of drug-likeness (QED) is 0.245. The van der Waals surface area contributed by atoms with Crippen molar-refractivity contribution in [3.05, 3.63) is 47.7 Å². The van der Waals surface area contributed by atoms with Crippen molar-refractivity contribution in [3.8, 4) is 5.75 Å². The molecule has 3 fully saturated rings. The van der Waals surface area contributed by atoms with Gasteiger partial charge in [-0.25, -0.2) is 18.2 Å². The number of hydrogen-bond donors (Lipinski definition) is 3. The van der Waals surface area contributed by atoms with Gasteiger partial charge in [0.2, 0.25) is 21.8 Å². The molecule has 1 aromatic carbocycles. The minimum Gasteiger partial charge on any atom is -0.483 e. The number of aryl methyl sites for hydroxylation is 2. The van der Waals surface area contributed by atoms with Crippen LogP contribution in [0.1, 0.15) is 96.2 Å². The average molecular weight is 854 g/mol. The fraction of sp³-hybridized carbons (Fsp3) is 0.625. The molecule has 322 valence electrons. The molecule has 0 radical (unpaired) electrons. The zero-order valence-electron chi connectivity index (χ0n) is 33.1. The van der Waals surface area contributed by atoms with Gasteiger partial charge in [-0.15, -0.1) is 0 Å². The van der Waals surface area contributed by atoms with E-state index in [4.69, 9.17) is 9.72 Å². The Kier molecular flexibility index (Phi) is 10.5. The first kappa shape index (κ1) is 42.6. The van der Waals surface area contributed by atoms with Crippen molar-refractivity contribution in [1.82, 2.24) is 25.2 Å². The first-order valence-corrected chi connectivity index (χ1v) is 21.3. The Balaban J connectivity index is 1.22. The lowest BCUT2D eigenvalue weighted by Crippen LogP contribution is -2.59. The molecule has 2 saturated carbocycles. The second-order valence-corrected chi connectivity index (χ2v) is 19.6. The number of para-hydroxylation sites is 1. The molecule has 0 bridgehead atoms. The number of carbonyl (C=O) groups is 4. The molecule has 3 N–H and O–H groups in total. The number of amides is 4. The van der Waals surface area contributed by atoms with Crippen molar-refractivity contribution < 1.29 is 59.0 Å². The van der Waals surface area contributed by atoms with Crippen LogP contribution in [0.3, 0.4) is 0 Å². The van der Waals surface area contributed by atoms with E-state index in [2.05, 4.69) is 20.1 Å². The maximum absolute atomic E-state index is 14.7. The van der Waals surface area contributed by atoms with Gasteiger partial charge in [-0.05, 0) is 85.1 Å². The van der Waals surface area contributed by atoms with E-state index in [1.54, 1.807) is 13.0 Å². The van der Waals surface area contributed by atoms with Crippen molar-refractivity contribution in [1.29, 1.82) is 0 Å². The zero-order chi connectivity index (χ0) is 43.0. The van der Waals surface area contributed by atoms with E-state index >= 15 is 0 Å². The normalized spacial score (nSPS) is 29.1. The second-order valence-electron chi connectivity index (χ2n) is 17.4. The van der Waals surface area contributed by atoms with E-state index in [1.165, 1.54) is 11.8 Å². The molecule has 4 amide bonds. The molecule has 5 atom stereocenters. The van der Waals surface area contributed by atoms with Crippen molar-refractivity contribution in [3.63, 3.8) is 0 Å². The summed E-state index contributed by atoms with van der Waals surface area (Å²) in [7, 11) is -4.10. The molecule has 19 heteroatoms. The number of benzene rings is 1. The van der Waals surface area contributed by atoms with Crippen LogP contribution in [0.25, 0.3) is 10.9 Å². The molecule has 3 aliphatic heterocycles. The summed E-state index contributed by atoms with van der Waals surface area (Å²) in [6, 6.07) is 4.61. The summed E-state index contributed by atoms with van der Waals surface area (Å²) < 4.78 is 108. The highest BCUT2D eigenvalue weighted by Gasteiger charge is 2.69. The number of aromatic nitrogens is 1. The van der Waals surface area contributed by atoms with Crippen molar-refractivity contribution >= 4 is 44.7 Å². The lowest BCUT2D eigenvalue weighted by molar-refractivity contribution is -0.332. The van der Waals surface area contributed by atoms with Crippen LogP contribution in [0, 0.1) is 12.8 Å². The molecule has 7 rings (SSSR count). The number of rotatable bonds is 6. The Morgan fingerprint density at radius 2 is 1.75 bits per heavy atom. The van der Waals surface area contributed by atoms with Crippen LogP contribution in [0.5, 0.6) is 5.75 Å². The third kappa shape index (κ3) is 7.71. The molecule has 1 spiro atoms. The monoisotopic (exact) mass is 853 g/mol. The average Bonchev–Trinajstić information content (AvgIpc) is 4.04. The minimum atomic E-state index is -6.05. The number of sulfonamides is 1. The van der Waals surface area contributed by atoms with Gasteiger partial charge in [0.15, 0.2) is 5.60 Å². The van der Waals surface area contributed by atoms with Gasteiger partial charge in [0.05, 0.1) is 22.5 Å². The van der Waals surface area contributed by atoms with Gasteiger partial charge >= 0.3 is 18.2 Å². The maximum atomic E-state index is 14.7. The smallest absolute Gasteiger partial charge is 0.457 e. The highest BCUT2D eigenvalue weighted by molar-refractivity contribution is 7.91. The first-order valence-electron chi connectivity index (χ1n) is 19.8. The Morgan fingerprint density at radius 1 is 1.03 bits per heavy atom. The topological polar surface area (TPSA) is 173 Å². The third-order valence-electron chi connectivity index (χ3n) is 12.6. The van der Waals surface area contributed by atoms with Crippen molar-refractivity contribution in [2.24, 2.45) is 5.92 Å². The van der Waals surface area contributed by atoms with E-state index in [1.807, 2.05) is 30.3 Å². The summed E-state index contributed by atoms with van der Waals surface area (Å²) in [4.78, 5) is 62.2. The standard InChI is InChI=1S/C40H48F5N5O8S/c1-23-30-26(25-13-10-11-14-27(25)46-23)16-17-37(57-30)21-29-31(51)48-38(33(53)49-59(55,56)36(4)18-19-36)20-24(38)12-8-6-5-7-9-15-28(32(52)50(29)22-37)47-34(54)58-35(2,3)39(41,42)40(43,44)45/h8,10-14,24,28-29H,5-7,9,15-22H2,1-4H3,(H,47,54)(H,48,51)(H,49,53)/b12-8-/t24-,28+,29+,37-,38?/m1/s1. The predicted molar refractivity (Wildman–Crippen MR) is 203 cm³/mol. The number of nitrogens with one attached hydrogen (secondary N) is 3. The molecule has 2 aliphatic carbocycles. The number of carbonyl (C=O) groups excluding carboxylic acids is 4. The van der Waals surface area contributed by atoms with E-state index in [0.29, 0.717) is 76.7 Å². The lowest BCUT2D eigenvalue weighted by Gasteiger charge is -2.37. The molecule has 4 heterocycles. The highest BCUT2D eigenvalue weighted by Crippen LogP contribution is 2.49. The second kappa shape index (κ2) is 14.6. The molecule has 1 unspecified atom stereocenters. The number of ether oxygens (including phenoxy) is 2. The van der Waals surface area contributed by atoms with Crippen LogP contribution in [-0.2, 0) is 35.6 Å². The van der Waals surface area contributed by atoms with E-state index in [9.17, 15) is 49.5 Å². The minimum absolute atomic E-state index is 0.0787. The summed E-state index contributed by atoms with van der Waals surface area (Å²) in [5.41, 5.74) is -4.05. The fourth-order valence-electron chi connectivity index (χ4n) is 8.45. The number of allylic oxidation sites excluding steroid dienone is 1. The lowest BCUT2D eigenvalue weighted by atomic mass is 9.87. The van der Waals surface area contributed by atoms with Gasteiger partial charge in [0.25, 0.3) is 5.91 Å². The van der Waals surface area contributed by atoms with Gasteiger partial charge in [-0.3, -0.25) is 19.1 Å². The summed E-state index contributed by atoms with van der Waals surface area (Å²) in [5.74, 6) is -8.13.